The van der Waals surface area contributed by atoms with Gasteiger partial charge in [0.25, 0.3) is 0 Å². The van der Waals surface area contributed by atoms with Crippen molar-refractivity contribution in [2.45, 2.75) is 52.1 Å². The zero-order valence-corrected chi connectivity index (χ0v) is 11.3. The molecule has 2 fully saturated rings. The lowest BCUT2D eigenvalue weighted by atomic mass is 9.98. The minimum Gasteiger partial charge on any atom is -0.308 e. The van der Waals surface area contributed by atoms with Gasteiger partial charge in [-0.1, -0.05) is 6.92 Å². The van der Waals surface area contributed by atoms with Crippen LogP contribution in [0.5, 0.6) is 0 Å². The Morgan fingerprint density at radius 1 is 1.28 bits per heavy atom. The lowest BCUT2D eigenvalue weighted by Crippen LogP contribution is -2.24. The van der Waals surface area contributed by atoms with Crippen molar-refractivity contribution in [3.63, 3.8) is 0 Å². The van der Waals surface area contributed by atoms with E-state index < -0.39 is 0 Å². The molecule has 1 unspecified atom stereocenters. The van der Waals surface area contributed by atoms with Crippen molar-refractivity contribution in [3.8, 4) is 0 Å². The molecular weight excluding hydrogens is 226 g/mol. The molecule has 1 atom stereocenters. The van der Waals surface area contributed by atoms with E-state index in [2.05, 4.69) is 34.7 Å². The number of tetrazole rings is 1. The lowest BCUT2D eigenvalue weighted by molar-refractivity contribution is 0.318. The molecular formula is C13H23N5. The minimum absolute atomic E-state index is 0.240. The van der Waals surface area contributed by atoms with Crippen LogP contribution in [0, 0.1) is 17.8 Å². The lowest BCUT2D eigenvalue weighted by Gasteiger charge is -2.18. The third kappa shape index (κ3) is 2.55. The number of nitrogens with zero attached hydrogens (tertiary/aromatic N) is 4. The summed E-state index contributed by atoms with van der Waals surface area (Å²) >= 11 is 0. The minimum atomic E-state index is 0.240. The van der Waals surface area contributed by atoms with Crippen molar-refractivity contribution in [1.82, 2.24) is 25.5 Å². The third-order valence-corrected chi connectivity index (χ3v) is 4.30. The molecule has 1 aromatic rings. The fourth-order valence-corrected chi connectivity index (χ4v) is 2.98. The Morgan fingerprint density at radius 2 is 1.94 bits per heavy atom. The van der Waals surface area contributed by atoms with E-state index in [9.17, 15) is 0 Å². The van der Waals surface area contributed by atoms with Crippen LogP contribution in [0.25, 0.3) is 0 Å². The molecule has 1 heterocycles. The first-order valence-corrected chi connectivity index (χ1v) is 7.29. The second-order valence-corrected chi connectivity index (χ2v) is 5.84. The number of rotatable bonds is 7. The highest BCUT2D eigenvalue weighted by Crippen LogP contribution is 2.49. The van der Waals surface area contributed by atoms with E-state index in [4.69, 9.17) is 0 Å². The molecule has 18 heavy (non-hydrogen) atoms. The Hall–Kier alpha value is -0.970. The van der Waals surface area contributed by atoms with Crippen molar-refractivity contribution < 1.29 is 0 Å². The average Bonchev–Trinajstić information content (AvgIpc) is 3.26. The van der Waals surface area contributed by atoms with E-state index in [1.165, 1.54) is 25.7 Å². The van der Waals surface area contributed by atoms with E-state index in [1.54, 1.807) is 0 Å². The van der Waals surface area contributed by atoms with E-state index in [1.807, 2.05) is 4.68 Å². The van der Waals surface area contributed by atoms with Crippen molar-refractivity contribution >= 4 is 0 Å². The highest BCUT2D eigenvalue weighted by Gasteiger charge is 2.42. The molecule has 2 aliphatic rings. The molecule has 0 radical (unpaired) electrons. The third-order valence-electron chi connectivity index (χ3n) is 4.30. The van der Waals surface area contributed by atoms with E-state index in [-0.39, 0.29) is 6.04 Å². The summed E-state index contributed by atoms with van der Waals surface area (Å²) in [6, 6.07) is 0.240. The van der Waals surface area contributed by atoms with Crippen LogP contribution in [0.4, 0.5) is 0 Å². The summed E-state index contributed by atoms with van der Waals surface area (Å²) in [5.41, 5.74) is 0. The number of aromatic nitrogens is 4. The van der Waals surface area contributed by atoms with Crippen LogP contribution >= 0.6 is 0 Å². The van der Waals surface area contributed by atoms with Crippen molar-refractivity contribution in [1.29, 1.82) is 0 Å². The van der Waals surface area contributed by atoms with Gasteiger partial charge in [0.15, 0.2) is 5.82 Å². The van der Waals surface area contributed by atoms with Gasteiger partial charge in [-0.2, -0.15) is 0 Å². The van der Waals surface area contributed by atoms with Gasteiger partial charge in [-0.05, 0) is 67.3 Å². The smallest absolute Gasteiger partial charge is 0.167 e. The van der Waals surface area contributed by atoms with Crippen LogP contribution in [0.3, 0.4) is 0 Å². The molecule has 0 spiro atoms. The van der Waals surface area contributed by atoms with Crippen LogP contribution in [0.2, 0.25) is 0 Å². The summed E-state index contributed by atoms with van der Waals surface area (Å²) in [7, 11) is 0. The fourth-order valence-electron chi connectivity index (χ4n) is 2.98. The quantitative estimate of drug-likeness (QED) is 0.800. The van der Waals surface area contributed by atoms with E-state index in [0.29, 0.717) is 0 Å². The van der Waals surface area contributed by atoms with Gasteiger partial charge in [-0.15, -0.1) is 5.10 Å². The predicted octanol–water partition coefficient (Wildman–Crippen LogP) is 1.78. The molecule has 2 aliphatic carbocycles. The monoisotopic (exact) mass is 249 g/mol. The second-order valence-electron chi connectivity index (χ2n) is 5.84. The first-order chi connectivity index (χ1) is 8.79. The zero-order chi connectivity index (χ0) is 12.5. The summed E-state index contributed by atoms with van der Waals surface area (Å²) in [5, 5.41) is 15.6. The van der Waals surface area contributed by atoms with Gasteiger partial charge in [0.1, 0.15) is 0 Å². The van der Waals surface area contributed by atoms with Gasteiger partial charge >= 0.3 is 0 Å². The Balaban J connectivity index is 1.69. The molecule has 100 valence electrons. The van der Waals surface area contributed by atoms with Crippen molar-refractivity contribution in [2.75, 3.05) is 6.54 Å². The summed E-state index contributed by atoms with van der Waals surface area (Å²) in [6.07, 6.45) is 5.67. The molecule has 2 saturated carbocycles. The molecule has 0 aliphatic heterocycles. The molecule has 5 nitrogen and oxygen atoms in total. The van der Waals surface area contributed by atoms with Crippen LogP contribution < -0.4 is 5.32 Å². The average molecular weight is 249 g/mol. The second kappa shape index (κ2) is 4.96. The van der Waals surface area contributed by atoms with Gasteiger partial charge in [0.05, 0.1) is 6.04 Å². The van der Waals surface area contributed by atoms with Gasteiger partial charge in [0.2, 0.25) is 0 Å². The molecule has 0 aromatic carbocycles. The predicted molar refractivity (Wildman–Crippen MR) is 68.8 cm³/mol. The number of hydrogen-bond acceptors (Lipinski definition) is 4. The Bertz CT molecular complexity index is 382. The normalized spacial score (nSPS) is 21.5. The topological polar surface area (TPSA) is 55.6 Å². The van der Waals surface area contributed by atoms with Gasteiger partial charge in [0, 0.05) is 6.54 Å². The van der Waals surface area contributed by atoms with Crippen molar-refractivity contribution in [3.05, 3.63) is 5.82 Å². The number of hydrogen-bond donors (Lipinski definition) is 1. The van der Waals surface area contributed by atoms with Crippen molar-refractivity contribution in [2.24, 2.45) is 17.8 Å². The maximum atomic E-state index is 4.20. The largest absolute Gasteiger partial charge is 0.308 e. The summed E-state index contributed by atoms with van der Waals surface area (Å²) in [5.74, 6) is 3.71. The maximum absolute atomic E-state index is 4.20. The summed E-state index contributed by atoms with van der Waals surface area (Å²) in [6.45, 7) is 6.22. The molecule has 0 bridgehead atoms. The van der Waals surface area contributed by atoms with Crippen LogP contribution in [0.15, 0.2) is 0 Å². The first kappa shape index (κ1) is 12.1. The molecule has 0 amide bonds. The highest BCUT2D eigenvalue weighted by atomic mass is 15.5. The Labute approximate surface area is 108 Å². The van der Waals surface area contributed by atoms with Gasteiger partial charge in [-0.3, -0.25) is 0 Å². The van der Waals surface area contributed by atoms with E-state index in [0.717, 1.165) is 36.7 Å². The molecule has 1 aromatic heterocycles. The SMILES string of the molecule is CCNC(C)c1nnnn1CC(C1CC1)C1CC1. The summed E-state index contributed by atoms with van der Waals surface area (Å²) < 4.78 is 2.04. The summed E-state index contributed by atoms with van der Waals surface area (Å²) in [4.78, 5) is 0. The van der Waals surface area contributed by atoms with Gasteiger partial charge in [-0.25, -0.2) is 4.68 Å². The standard InChI is InChI=1S/C13H23N5/c1-3-14-9(2)13-15-16-17-18(13)8-12(10-4-5-10)11-6-7-11/h9-12,14H,3-8H2,1-2H3. The van der Waals surface area contributed by atoms with Crippen LogP contribution in [-0.2, 0) is 6.54 Å². The molecule has 5 heteroatoms. The Kier molecular flexibility index (Phi) is 3.33. The zero-order valence-electron chi connectivity index (χ0n) is 11.3. The van der Waals surface area contributed by atoms with Gasteiger partial charge < -0.3 is 5.32 Å². The molecule has 1 N–H and O–H groups in total. The maximum Gasteiger partial charge on any atom is 0.167 e. The highest BCUT2D eigenvalue weighted by molar-refractivity contribution is 4.95. The molecule has 0 saturated heterocycles. The van der Waals surface area contributed by atoms with Crippen LogP contribution in [0.1, 0.15) is 51.4 Å². The molecule has 3 rings (SSSR count). The van der Waals surface area contributed by atoms with E-state index >= 15 is 0 Å². The fraction of sp³-hybridized carbons (Fsp3) is 0.923. The van der Waals surface area contributed by atoms with Crippen LogP contribution in [-0.4, -0.2) is 26.8 Å². The Morgan fingerprint density at radius 3 is 2.50 bits per heavy atom. The number of nitrogens with one attached hydrogen (secondary N) is 1. The first-order valence-electron chi connectivity index (χ1n) is 7.29.